The molecule has 1 heterocycles. The van der Waals surface area contributed by atoms with Crippen molar-refractivity contribution in [1.29, 1.82) is 0 Å². The van der Waals surface area contributed by atoms with E-state index in [0.717, 1.165) is 5.57 Å². The molecule has 1 atom stereocenters. The van der Waals surface area contributed by atoms with E-state index >= 15 is 0 Å². The van der Waals surface area contributed by atoms with E-state index in [1.165, 1.54) is 7.11 Å². The van der Waals surface area contributed by atoms with E-state index in [-0.39, 0.29) is 6.61 Å². The minimum Gasteiger partial charge on any atom is -0.390 e. The number of nitrogens with one attached hydrogen (secondary N) is 1. The van der Waals surface area contributed by atoms with Gasteiger partial charge in [-0.2, -0.15) is 0 Å². The predicted octanol–water partition coefficient (Wildman–Crippen LogP) is -0.760. The van der Waals surface area contributed by atoms with Gasteiger partial charge < -0.3 is 20.9 Å². The van der Waals surface area contributed by atoms with Crippen LogP contribution in [-0.2, 0) is 9.53 Å². The summed E-state index contributed by atoms with van der Waals surface area (Å²) in [5, 5.41) is 11.7. The number of allylic oxidation sites excluding steroid dienone is 2. The molecule has 4 N–H and O–H groups in total. The first-order valence-corrected chi connectivity index (χ1v) is 4.18. The highest BCUT2D eigenvalue weighted by molar-refractivity contribution is 5.86. The van der Waals surface area contributed by atoms with Gasteiger partial charge >= 0.3 is 0 Å². The van der Waals surface area contributed by atoms with Crippen LogP contribution in [0.1, 0.15) is 6.92 Å². The van der Waals surface area contributed by atoms with E-state index in [0.29, 0.717) is 5.70 Å². The van der Waals surface area contributed by atoms with E-state index < -0.39 is 11.6 Å². The van der Waals surface area contributed by atoms with Crippen LogP contribution in [0.3, 0.4) is 0 Å². The lowest BCUT2D eigenvalue weighted by molar-refractivity contribution is -0.137. The molecule has 5 heteroatoms. The highest BCUT2D eigenvalue weighted by Crippen LogP contribution is 2.19. The van der Waals surface area contributed by atoms with Gasteiger partial charge in [0.15, 0.2) is 0 Å². The summed E-state index contributed by atoms with van der Waals surface area (Å²) in [6.45, 7) is 1.61. The average Bonchev–Trinajstić information content (AvgIpc) is 2.16. The third kappa shape index (κ3) is 1.78. The minimum atomic E-state index is -1.34. The Morgan fingerprint density at radius 1 is 1.79 bits per heavy atom. The van der Waals surface area contributed by atoms with Crippen LogP contribution in [-0.4, -0.2) is 30.5 Å². The Hall–Kier alpha value is -1.33. The van der Waals surface area contributed by atoms with Crippen LogP contribution >= 0.6 is 0 Å². The molecule has 0 fully saturated rings. The second-order valence-corrected chi connectivity index (χ2v) is 3.15. The lowest BCUT2D eigenvalue weighted by atomic mass is 10.0. The maximum absolute atomic E-state index is 11.2. The van der Waals surface area contributed by atoms with Crippen molar-refractivity contribution in [3.8, 4) is 0 Å². The van der Waals surface area contributed by atoms with Gasteiger partial charge in [0.2, 0.25) is 5.72 Å². The average molecular weight is 198 g/mol. The third-order valence-corrected chi connectivity index (χ3v) is 2.04. The fourth-order valence-corrected chi connectivity index (χ4v) is 1.38. The van der Waals surface area contributed by atoms with Gasteiger partial charge in [-0.3, -0.25) is 4.79 Å². The molecule has 0 aromatic carbocycles. The number of aliphatic hydroxyl groups is 1. The molecule has 0 radical (unpaired) electrons. The van der Waals surface area contributed by atoms with Gasteiger partial charge in [0, 0.05) is 12.8 Å². The van der Waals surface area contributed by atoms with Crippen LogP contribution in [0.15, 0.2) is 23.4 Å². The Balaban J connectivity index is 3.04. The Morgan fingerprint density at radius 2 is 2.43 bits per heavy atom. The number of hydrogen-bond acceptors (Lipinski definition) is 4. The first-order chi connectivity index (χ1) is 6.54. The van der Waals surface area contributed by atoms with Crippen LogP contribution in [0.4, 0.5) is 0 Å². The molecule has 1 aliphatic rings. The van der Waals surface area contributed by atoms with Crippen molar-refractivity contribution in [2.24, 2.45) is 5.73 Å². The van der Waals surface area contributed by atoms with E-state index in [1.54, 1.807) is 19.1 Å². The quantitative estimate of drug-likeness (QED) is 0.556. The van der Waals surface area contributed by atoms with Gasteiger partial charge in [-0.15, -0.1) is 0 Å². The molecular weight excluding hydrogens is 184 g/mol. The van der Waals surface area contributed by atoms with Gasteiger partial charge in [-0.25, -0.2) is 0 Å². The van der Waals surface area contributed by atoms with Gasteiger partial charge in [0.05, 0.1) is 6.61 Å². The summed E-state index contributed by atoms with van der Waals surface area (Å²) in [5.41, 5.74) is 5.19. The smallest absolute Gasteiger partial charge is 0.275 e. The van der Waals surface area contributed by atoms with Gasteiger partial charge in [-0.1, -0.05) is 0 Å². The molecule has 0 saturated carbocycles. The maximum atomic E-state index is 11.2. The van der Waals surface area contributed by atoms with Crippen molar-refractivity contribution >= 4 is 5.91 Å². The molecule has 0 spiro atoms. The molecule has 0 saturated heterocycles. The molecule has 78 valence electrons. The Morgan fingerprint density at radius 3 is 2.86 bits per heavy atom. The number of dihydropyridines is 1. The molecule has 1 unspecified atom stereocenters. The fraction of sp³-hybridized carbons (Fsp3) is 0.444. The van der Waals surface area contributed by atoms with Crippen LogP contribution < -0.4 is 11.1 Å². The number of rotatable bonds is 3. The minimum absolute atomic E-state index is 0.191. The van der Waals surface area contributed by atoms with Crippen molar-refractivity contribution < 1.29 is 14.6 Å². The molecule has 1 rings (SSSR count). The maximum Gasteiger partial charge on any atom is 0.275 e. The molecule has 1 amide bonds. The fourth-order valence-electron chi connectivity index (χ4n) is 1.38. The number of methoxy groups -OCH3 is 1. The Bertz CT molecular complexity index is 309. The second-order valence-electron chi connectivity index (χ2n) is 3.15. The number of aliphatic hydroxyl groups excluding tert-OH is 1. The standard InChI is InChI=1S/C9H14N2O3/c1-6-3-7(5-12)11-9(4-6,14-2)8(10)13/h3-4,11-12H,5H2,1-2H3,(H2,10,13). The van der Waals surface area contributed by atoms with Crippen molar-refractivity contribution in [2.45, 2.75) is 12.6 Å². The monoisotopic (exact) mass is 198 g/mol. The zero-order valence-corrected chi connectivity index (χ0v) is 8.20. The van der Waals surface area contributed by atoms with Crippen LogP contribution in [0.25, 0.3) is 0 Å². The zero-order valence-electron chi connectivity index (χ0n) is 8.20. The summed E-state index contributed by atoms with van der Waals surface area (Å²) >= 11 is 0. The summed E-state index contributed by atoms with van der Waals surface area (Å²) in [6.07, 6.45) is 3.30. The first kappa shape index (κ1) is 10.7. The summed E-state index contributed by atoms with van der Waals surface area (Å²) in [6, 6.07) is 0. The molecule has 5 nitrogen and oxygen atoms in total. The topological polar surface area (TPSA) is 84.6 Å². The van der Waals surface area contributed by atoms with Crippen molar-refractivity contribution in [2.75, 3.05) is 13.7 Å². The number of carbonyl (C=O) groups is 1. The number of primary amides is 1. The lowest BCUT2D eigenvalue weighted by Gasteiger charge is -2.32. The highest BCUT2D eigenvalue weighted by Gasteiger charge is 2.36. The molecular formula is C9H14N2O3. The number of ether oxygens (including phenoxy) is 1. The zero-order chi connectivity index (χ0) is 10.8. The predicted molar refractivity (Wildman–Crippen MR) is 51.0 cm³/mol. The summed E-state index contributed by atoms with van der Waals surface area (Å²) in [4.78, 5) is 11.2. The van der Waals surface area contributed by atoms with Crippen molar-refractivity contribution in [3.05, 3.63) is 23.4 Å². The molecule has 0 aromatic heterocycles. The number of hydrogen-bond donors (Lipinski definition) is 3. The lowest BCUT2D eigenvalue weighted by Crippen LogP contribution is -2.56. The molecule has 0 bridgehead atoms. The van der Waals surface area contributed by atoms with E-state index in [4.69, 9.17) is 15.6 Å². The third-order valence-electron chi connectivity index (χ3n) is 2.04. The largest absolute Gasteiger partial charge is 0.390 e. The summed E-state index contributed by atoms with van der Waals surface area (Å²) in [5.74, 6) is -0.640. The van der Waals surface area contributed by atoms with Crippen molar-refractivity contribution in [3.63, 3.8) is 0 Å². The van der Waals surface area contributed by atoms with Crippen molar-refractivity contribution in [1.82, 2.24) is 5.32 Å². The highest BCUT2D eigenvalue weighted by atomic mass is 16.5. The molecule has 0 aliphatic carbocycles. The second kappa shape index (κ2) is 3.81. The Labute approximate surface area is 82.2 Å². The molecule has 0 aromatic rings. The first-order valence-electron chi connectivity index (χ1n) is 4.18. The van der Waals surface area contributed by atoms with Crippen LogP contribution in [0.2, 0.25) is 0 Å². The number of nitrogens with two attached hydrogens (primary N) is 1. The SMILES string of the molecule is COC1(C(N)=O)C=C(C)C=C(CO)N1. The number of carbonyl (C=O) groups excluding carboxylic acids is 1. The number of amides is 1. The van der Waals surface area contributed by atoms with E-state index in [1.807, 2.05) is 0 Å². The summed E-state index contributed by atoms with van der Waals surface area (Å²) < 4.78 is 5.03. The Kier molecular flexibility index (Phi) is 2.93. The van der Waals surface area contributed by atoms with Crippen LogP contribution in [0.5, 0.6) is 0 Å². The van der Waals surface area contributed by atoms with E-state index in [2.05, 4.69) is 5.32 Å². The van der Waals surface area contributed by atoms with E-state index in [9.17, 15) is 4.79 Å². The van der Waals surface area contributed by atoms with Gasteiger partial charge in [-0.05, 0) is 24.6 Å². The van der Waals surface area contributed by atoms with Gasteiger partial charge in [0.25, 0.3) is 5.91 Å². The molecule has 1 aliphatic heterocycles. The molecule has 14 heavy (non-hydrogen) atoms. The normalized spacial score (nSPS) is 26.2. The van der Waals surface area contributed by atoms with Gasteiger partial charge in [0.1, 0.15) is 0 Å². The van der Waals surface area contributed by atoms with Crippen LogP contribution in [0, 0.1) is 0 Å². The summed E-state index contributed by atoms with van der Waals surface area (Å²) in [7, 11) is 1.38.